The molecule has 0 unspecified atom stereocenters. The molecule has 0 atom stereocenters. The third-order valence-electron chi connectivity index (χ3n) is 5.84. The van der Waals surface area contributed by atoms with Crippen LogP contribution in [-0.2, 0) is 0 Å². The maximum atomic E-state index is 12.6. The molecule has 0 aliphatic carbocycles. The van der Waals surface area contributed by atoms with Crippen LogP contribution in [0.2, 0.25) is 0 Å². The van der Waals surface area contributed by atoms with Crippen LogP contribution in [0.3, 0.4) is 0 Å². The van der Waals surface area contributed by atoms with E-state index in [1.807, 2.05) is 47.1 Å². The Hall–Kier alpha value is -3.49. The summed E-state index contributed by atoms with van der Waals surface area (Å²) in [5.41, 5.74) is 2.18. The molecule has 0 bridgehead atoms. The van der Waals surface area contributed by atoms with Crippen LogP contribution in [0.25, 0.3) is 23.0 Å². The fraction of sp³-hybridized carbons (Fsp3) is 0.409. The second kappa shape index (κ2) is 8.33. The third-order valence-corrected chi connectivity index (χ3v) is 5.84. The highest BCUT2D eigenvalue weighted by Crippen LogP contribution is 2.26. The molecule has 2 aromatic heterocycles. The van der Waals surface area contributed by atoms with Crippen LogP contribution in [0.15, 0.2) is 40.9 Å². The Morgan fingerprint density at radius 3 is 2.32 bits per heavy atom. The highest BCUT2D eigenvalue weighted by atomic mass is 16.4. The molecule has 2 fully saturated rings. The summed E-state index contributed by atoms with van der Waals surface area (Å²) in [6, 6.07) is 9.81. The van der Waals surface area contributed by atoms with Crippen molar-refractivity contribution >= 4 is 11.8 Å². The number of benzene rings is 1. The Labute approximate surface area is 180 Å². The van der Waals surface area contributed by atoms with E-state index < -0.39 is 0 Å². The zero-order valence-corrected chi connectivity index (χ0v) is 17.6. The fourth-order valence-corrected chi connectivity index (χ4v) is 4.05. The van der Waals surface area contributed by atoms with E-state index in [1.165, 1.54) is 0 Å². The lowest BCUT2D eigenvalue weighted by molar-refractivity contribution is 0.159. The molecule has 160 valence electrons. The zero-order valence-electron chi connectivity index (χ0n) is 17.6. The predicted octanol–water partition coefficient (Wildman–Crippen LogP) is 2.84. The molecule has 1 aromatic carbocycles. The predicted molar refractivity (Wildman–Crippen MR) is 115 cm³/mol. The fourth-order valence-electron chi connectivity index (χ4n) is 4.05. The van der Waals surface area contributed by atoms with Gasteiger partial charge in [-0.1, -0.05) is 18.2 Å². The topological polar surface area (TPSA) is 91.5 Å². The molecule has 0 N–H and O–H groups in total. The van der Waals surface area contributed by atoms with E-state index in [0.29, 0.717) is 30.6 Å². The minimum Gasteiger partial charge on any atom is -0.415 e. The zero-order chi connectivity index (χ0) is 21.2. The van der Waals surface area contributed by atoms with Gasteiger partial charge < -0.3 is 19.1 Å². The van der Waals surface area contributed by atoms with Gasteiger partial charge in [0, 0.05) is 44.8 Å². The van der Waals surface area contributed by atoms with Crippen LogP contribution in [0.5, 0.6) is 0 Å². The molecule has 0 radical (unpaired) electrons. The van der Waals surface area contributed by atoms with Crippen molar-refractivity contribution in [2.75, 3.05) is 44.2 Å². The summed E-state index contributed by atoms with van der Waals surface area (Å²) in [5.74, 6) is 1.57. The highest BCUT2D eigenvalue weighted by molar-refractivity contribution is 5.75. The summed E-state index contributed by atoms with van der Waals surface area (Å²) in [7, 11) is 0. The maximum absolute atomic E-state index is 12.6. The van der Waals surface area contributed by atoms with Crippen LogP contribution in [-0.4, -0.2) is 75.3 Å². The van der Waals surface area contributed by atoms with Crippen LogP contribution in [0.1, 0.15) is 18.5 Å². The second-order valence-electron chi connectivity index (χ2n) is 7.89. The van der Waals surface area contributed by atoms with Gasteiger partial charge in [-0.25, -0.2) is 9.78 Å². The maximum Gasteiger partial charge on any atom is 0.320 e. The number of piperazine rings is 1. The van der Waals surface area contributed by atoms with Crippen LogP contribution >= 0.6 is 0 Å². The summed E-state index contributed by atoms with van der Waals surface area (Å²) in [5, 5.41) is 8.36. The van der Waals surface area contributed by atoms with Gasteiger partial charge in [-0.15, -0.1) is 10.2 Å². The molecule has 2 saturated heterocycles. The van der Waals surface area contributed by atoms with Crippen LogP contribution < -0.4 is 4.90 Å². The van der Waals surface area contributed by atoms with Crippen LogP contribution in [0, 0.1) is 6.92 Å². The monoisotopic (exact) mass is 419 g/mol. The number of anilines is 1. The molecule has 5 rings (SSSR count). The van der Waals surface area contributed by atoms with Gasteiger partial charge in [0.05, 0.1) is 11.9 Å². The van der Waals surface area contributed by atoms with Gasteiger partial charge in [-0.3, -0.25) is 4.98 Å². The van der Waals surface area contributed by atoms with Crippen molar-refractivity contribution in [1.29, 1.82) is 0 Å². The SMILES string of the molecule is Cc1ncc(N2CCN(C(=O)N3CCCC3)CC2)nc1-c1nnc(-c2ccccc2)o1. The molecule has 9 heteroatoms. The van der Waals surface area contributed by atoms with Crippen molar-refractivity contribution < 1.29 is 9.21 Å². The number of aryl methyl sites for hydroxylation is 1. The van der Waals surface area contributed by atoms with E-state index in [-0.39, 0.29) is 6.03 Å². The Morgan fingerprint density at radius 1 is 0.903 bits per heavy atom. The Bertz CT molecular complexity index is 1050. The van der Waals surface area contributed by atoms with E-state index in [0.717, 1.165) is 56.1 Å². The Morgan fingerprint density at radius 2 is 1.58 bits per heavy atom. The number of nitrogens with zero attached hydrogens (tertiary/aromatic N) is 7. The number of carbonyl (C=O) groups excluding carboxylic acids is 1. The largest absolute Gasteiger partial charge is 0.415 e. The summed E-state index contributed by atoms with van der Waals surface area (Å²) in [6.45, 7) is 6.43. The first-order valence-corrected chi connectivity index (χ1v) is 10.7. The molecule has 4 heterocycles. The number of carbonyl (C=O) groups is 1. The normalized spacial score (nSPS) is 16.7. The Balaban J connectivity index is 1.30. The summed E-state index contributed by atoms with van der Waals surface area (Å²) in [6.07, 6.45) is 3.98. The molecule has 0 spiro atoms. The van der Waals surface area contributed by atoms with Crippen molar-refractivity contribution in [3.8, 4) is 23.0 Å². The molecule has 31 heavy (non-hydrogen) atoms. The second-order valence-corrected chi connectivity index (χ2v) is 7.89. The van der Waals surface area contributed by atoms with Gasteiger partial charge >= 0.3 is 6.03 Å². The van der Waals surface area contributed by atoms with E-state index >= 15 is 0 Å². The summed E-state index contributed by atoms with van der Waals surface area (Å²) in [4.78, 5) is 28.0. The first-order chi connectivity index (χ1) is 15.2. The van der Waals surface area contributed by atoms with Gasteiger partial charge in [0.2, 0.25) is 5.89 Å². The molecule has 3 aromatic rings. The lowest BCUT2D eigenvalue weighted by Crippen LogP contribution is -2.52. The molecule has 0 saturated carbocycles. The number of rotatable bonds is 3. The average Bonchev–Trinajstić information content (AvgIpc) is 3.52. The van der Waals surface area contributed by atoms with Gasteiger partial charge in [0.25, 0.3) is 5.89 Å². The number of aromatic nitrogens is 4. The minimum atomic E-state index is 0.159. The van der Waals surface area contributed by atoms with E-state index in [2.05, 4.69) is 20.1 Å². The molecule has 2 amide bonds. The highest BCUT2D eigenvalue weighted by Gasteiger charge is 2.28. The van der Waals surface area contributed by atoms with Crippen molar-refractivity contribution in [2.24, 2.45) is 0 Å². The third kappa shape index (κ3) is 3.95. The van der Waals surface area contributed by atoms with E-state index in [9.17, 15) is 4.79 Å². The first-order valence-electron chi connectivity index (χ1n) is 10.7. The lowest BCUT2D eigenvalue weighted by atomic mass is 10.2. The van der Waals surface area contributed by atoms with Gasteiger partial charge in [0.15, 0.2) is 5.69 Å². The smallest absolute Gasteiger partial charge is 0.320 e. The molecular formula is C22H25N7O2. The molecule has 2 aliphatic rings. The van der Waals surface area contributed by atoms with Gasteiger partial charge in [0.1, 0.15) is 5.82 Å². The van der Waals surface area contributed by atoms with Gasteiger partial charge in [-0.2, -0.15) is 0 Å². The minimum absolute atomic E-state index is 0.159. The molecule has 2 aliphatic heterocycles. The number of hydrogen-bond acceptors (Lipinski definition) is 7. The number of amides is 2. The summed E-state index contributed by atoms with van der Waals surface area (Å²) >= 11 is 0. The first kappa shape index (κ1) is 19.5. The van der Waals surface area contributed by atoms with Crippen LogP contribution in [0.4, 0.5) is 10.6 Å². The number of hydrogen-bond donors (Lipinski definition) is 0. The molecule has 9 nitrogen and oxygen atoms in total. The summed E-state index contributed by atoms with van der Waals surface area (Å²) < 4.78 is 5.88. The molecular weight excluding hydrogens is 394 g/mol. The van der Waals surface area contributed by atoms with E-state index in [4.69, 9.17) is 9.40 Å². The van der Waals surface area contributed by atoms with Crippen molar-refractivity contribution in [1.82, 2.24) is 30.0 Å². The average molecular weight is 419 g/mol. The Kier molecular flexibility index (Phi) is 5.23. The quantitative estimate of drug-likeness (QED) is 0.645. The van der Waals surface area contributed by atoms with Crippen molar-refractivity contribution in [3.05, 3.63) is 42.2 Å². The van der Waals surface area contributed by atoms with E-state index in [1.54, 1.807) is 6.20 Å². The number of likely N-dealkylation sites (tertiary alicyclic amines) is 1. The van der Waals surface area contributed by atoms with Crippen molar-refractivity contribution in [2.45, 2.75) is 19.8 Å². The van der Waals surface area contributed by atoms with Crippen molar-refractivity contribution in [3.63, 3.8) is 0 Å². The van der Waals surface area contributed by atoms with Gasteiger partial charge in [-0.05, 0) is 31.9 Å². The number of urea groups is 1. The standard InChI is InChI=1S/C22H25N7O2/c1-16-19(21-26-25-20(31-21)17-7-3-2-4-8-17)24-18(15-23-16)27-11-13-29(14-12-27)22(30)28-9-5-6-10-28/h2-4,7-8,15H,5-6,9-14H2,1H3. The lowest BCUT2D eigenvalue weighted by Gasteiger charge is -2.37.